The Morgan fingerprint density at radius 2 is 2.11 bits per heavy atom. The topological polar surface area (TPSA) is 34.9 Å². The summed E-state index contributed by atoms with van der Waals surface area (Å²) in [5, 5.41) is 4.23. The number of nitrogens with zero attached hydrogens (tertiary/aromatic N) is 2. The molecule has 0 aliphatic rings. The molecular weight excluding hydrogens is 224 g/mol. The molecule has 0 bridgehead atoms. The fourth-order valence-electron chi connectivity index (χ4n) is 1.98. The summed E-state index contributed by atoms with van der Waals surface area (Å²) < 4.78 is 1.73. The molecule has 0 aliphatic heterocycles. The number of aromatic nitrogens is 2. The average Bonchev–Trinajstić information content (AvgIpc) is 2.69. The number of carbonyl (C=O) groups excluding carboxylic acids is 1. The molecule has 0 aliphatic carbocycles. The third kappa shape index (κ3) is 2.50. The van der Waals surface area contributed by atoms with Crippen molar-refractivity contribution in [1.29, 1.82) is 0 Å². The quantitative estimate of drug-likeness (QED) is 0.773. The van der Waals surface area contributed by atoms with Gasteiger partial charge in [-0.2, -0.15) is 5.10 Å². The van der Waals surface area contributed by atoms with Gasteiger partial charge in [-0.3, -0.25) is 9.48 Å². The van der Waals surface area contributed by atoms with Gasteiger partial charge in [0.15, 0.2) is 0 Å². The molecule has 0 amide bonds. The molecular formula is C15H18N2O. The first kappa shape index (κ1) is 12.6. The van der Waals surface area contributed by atoms with Gasteiger partial charge in [0.1, 0.15) is 5.69 Å². The number of rotatable bonds is 4. The van der Waals surface area contributed by atoms with Crippen molar-refractivity contribution in [3.8, 4) is 0 Å². The summed E-state index contributed by atoms with van der Waals surface area (Å²) in [5.74, 6) is -0.00310. The monoisotopic (exact) mass is 242 g/mol. The van der Waals surface area contributed by atoms with Crippen molar-refractivity contribution >= 4 is 5.78 Å². The van der Waals surface area contributed by atoms with Crippen molar-refractivity contribution in [2.45, 2.75) is 26.7 Å². The summed E-state index contributed by atoms with van der Waals surface area (Å²) in [7, 11) is 1.85. The maximum Gasteiger partial charge on any atom is 0.213 e. The van der Waals surface area contributed by atoms with Crippen molar-refractivity contribution < 1.29 is 4.79 Å². The smallest absolute Gasteiger partial charge is 0.213 e. The molecule has 3 heteroatoms. The molecule has 0 saturated carbocycles. The lowest BCUT2D eigenvalue weighted by molar-refractivity contribution is 0.103. The van der Waals surface area contributed by atoms with Gasteiger partial charge in [0.25, 0.3) is 0 Å². The van der Waals surface area contributed by atoms with Crippen molar-refractivity contribution in [3.63, 3.8) is 0 Å². The van der Waals surface area contributed by atoms with Crippen LogP contribution < -0.4 is 0 Å². The minimum absolute atomic E-state index is 0.00310. The fraction of sp³-hybridized carbons (Fsp3) is 0.333. The second-order valence-electron chi connectivity index (χ2n) is 4.57. The molecule has 0 unspecified atom stereocenters. The van der Waals surface area contributed by atoms with Crippen LogP contribution in [0.4, 0.5) is 0 Å². The van der Waals surface area contributed by atoms with Crippen molar-refractivity contribution in [2.75, 3.05) is 0 Å². The minimum atomic E-state index is -0.00310. The highest BCUT2D eigenvalue weighted by Gasteiger charge is 2.13. The Balaban J connectivity index is 2.30. The van der Waals surface area contributed by atoms with Gasteiger partial charge in [-0.1, -0.05) is 31.5 Å². The van der Waals surface area contributed by atoms with Crippen LogP contribution in [0.15, 0.2) is 30.3 Å². The zero-order valence-corrected chi connectivity index (χ0v) is 11.1. The van der Waals surface area contributed by atoms with Crippen molar-refractivity contribution in [3.05, 3.63) is 52.8 Å². The van der Waals surface area contributed by atoms with E-state index in [2.05, 4.69) is 18.1 Å². The highest BCUT2D eigenvalue weighted by atomic mass is 16.1. The van der Waals surface area contributed by atoms with Gasteiger partial charge >= 0.3 is 0 Å². The van der Waals surface area contributed by atoms with Crippen LogP contribution in [-0.2, 0) is 13.5 Å². The van der Waals surface area contributed by atoms with E-state index in [-0.39, 0.29) is 5.78 Å². The van der Waals surface area contributed by atoms with Crippen molar-refractivity contribution in [1.82, 2.24) is 9.78 Å². The molecule has 1 heterocycles. The largest absolute Gasteiger partial charge is 0.287 e. The van der Waals surface area contributed by atoms with Crippen LogP contribution in [0, 0.1) is 6.92 Å². The average molecular weight is 242 g/mol. The number of carbonyl (C=O) groups is 1. The molecule has 1 aromatic carbocycles. The molecule has 1 aromatic heterocycles. The van der Waals surface area contributed by atoms with Gasteiger partial charge in [-0.25, -0.2) is 0 Å². The molecule has 2 rings (SSSR count). The Bertz CT molecular complexity index is 550. The van der Waals surface area contributed by atoms with E-state index in [0.717, 1.165) is 24.1 Å². The first-order valence-electron chi connectivity index (χ1n) is 6.26. The molecule has 0 radical (unpaired) electrons. The van der Waals surface area contributed by atoms with E-state index < -0.39 is 0 Å². The normalized spacial score (nSPS) is 10.6. The molecule has 0 N–H and O–H groups in total. The second-order valence-corrected chi connectivity index (χ2v) is 4.57. The summed E-state index contributed by atoms with van der Waals surface area (Å²) in [5.41, 5.74) is 3.43. The predicted molar refractivity (Wildman–Crippen MR) is 71.8 cm³/mol. The third-order valence-electron chi connectivity index (χ3n) is 3.07. The van der Waals surface area contributed by atoms with E-state index >= 15 is 0 Å². The summed E-state index contributed by atoms with van der Waals surface area (Å²) in [6.45, 7) is 4.08. The maximum absolute atomic E-state index is 12.3. The predicted octanol–water partition coefficient (Wildman–Crippen LogP) is 2.91. The molecule has 18 heavy (non-hydrogen) atoms. The van der Waals surface area contributed by atoms with Gasteiger partial charge < -0.3 is 0 Å². The van der Waals surface area contributed by atoms with Gasteiger partial charge in [-0.15, -0.1) is 0 Å². The van der Waals surface area contributed by atoms with Crippen LogP contribution in [0.1, 0.15) is 40.7 Å². The third-order valence-corrected chi connectivity index (χ3v) is 3.07. The van der Waals surface area contributed by atoms with Crippen LogP contribution in [-0.4, -0.2) is 15.6 Å². The molecule has 94 valence electrons. The number of ketones is 1. The summed E-state index contributed by atoms with van der Waals surface area (Å²) in [4.78, 5) is 12.3. The fourth-order valence-corrected chi connectivity index (χ4v) is 1.98. The number of aryl methyl sites for hydroxylation is 3. The maximum atomic E-state index is 12.3. The Morgan fingerprint density at radius 1 is 1.33 bits per heavy atom. The number of benzene rings is 1. The van der Waals surface area contributed by atoms with E-state index in [1.54, 1.807) is 4.68 Å². The second kappa shape index (κ2) is 5.17. The van der Waals surface area contributed by atoms with E-state index in [1.807, 2.05) is 38.2 Å². The van der Waals surface area contributed by atoms with E-state index in [1.165, 1.54) is 5.56 Å². The Labute approximate surface area is 107 Å². The first-order chi connectivity index (χ1) is 8.61. The Morgan fingerprint density at radius 3 is 2.72 bits per heavy atom. The molecule has 0 saturated heterocycles. The van der Waals surface area contributed by atoms with Gasteiger partial charge in [0.05, 0.1) is 0 Å². The van der Waals surface area contributed by atoms with Gasteiger partial charge in [0.2, 0.25) is 5.78 Å². The summed E-state index contributed by atoms with van der Waals surface area (Å²) in [6.07, 6.45) is 2.09. The van der Waals surface area contributed by atoms with Crippen LogP contribution in [0.5, 0.6) is 0 Å². The zero-order chi connectivity index (χ0) is 13.1. The number of hydrogen-bond acceptors (Lipinski definition) is 2. The lowest BCUT2D eigenvalue weighted by Crippen LogP contribution is -2.04. The Kier molecular flexibility index (Phi) is 3.60. The van der Waals surface area contributed by atoms with Crippen LogP contribution in [0.25, 0.3) is 0 Å². The van der Waals surface area contributed by atoms with E-state index in [4.69, 9.17) is 0 Å². The van der Waals surface area contributed by atoms with Gasteiger partial charge in [-0.05, 0) is 31.0 Å². The van der Waals surface area contributed by atoms with Crippen LogP contribution in [0.2, 0.25) is 0 Å². The number of hydrogen-bond donors (Lipinski definition) is 0. The first-order valence-corrected chi connectivity index (χ1v) is 6.26. The minimum Gasteiger partial charge on any atom is -0.287 e. The summed E-state index contributed by atoms with van der Waals surface area (Å²) in [6, 6.07) is 9.65. The van der Waals surface area contributed by atoms with Crippen molar-refractivity contribution in [2.24, 2.45) is 7.05 Å². The lowest BCUT2D eigenvalue weighted by Gasteiger charge is -2.02. The van der Waals surface area contributed by atoms with E-state index in [0.29, 0.717) is 5.69 Å². The molecule has 0 spiro atoms. The Hall–Kier alpha value is -1.90. The molecule has 3 nitrogen and oxygen atoms in total. The van der Waals surface area contributed by atoms with Crippen LogP contribution in [0.3, 0.4) is 0 Å². The highest BCUT2D eigenvalue weighted by Crippen LogP contribution is 2.13. The van der Waals surface area contributed by atoms with E-state index in [9.17, 15) is 4.79 Å². The summed E-state index contributed by atoms with van der Waals surface area (Å²) >= 11 is 0. The standard InChI is InChI=1S/C15H18N2O/c1-4-6-12-7-5-8-13(10-12)15(18)14-9-11(2)17(3)16-14/h5,7-10H,4,6H2,1-3H3. The SMILES string of the molecule is CCCc1cccc(C(=O)c2cc(C)n(C)n2)c1. The van der Waals surface area contributed by atoms with Gasteiger partial charge in [0, 0.05) is 18.3 Å². The highest BCUT2D eigenvalue weighted by molar-refractivity contribution is 6.07. The molecule has 0 atom stereocenters. The van der Waals surface area contributed by atoms with Crippen LogP contribution >= 0.6 is 0 Å². The zero-order valence-electron chi connectivity index (χ0n) is 11.1. The molecule has 2 aromatic rings. The molecule has 0 fully saturated rings. The lowest BCUT2D eigenvalue weighted by atomic mass is 10.0.